The first-order valence-electron chi connectivity index (χ1n) is 8.01. The normalized spacial score (nSPS) is 10.2. The van der Waals surface area contributed by atoms with E-state index < -0.39 is 0 Å². The number of benzene rings is 1. The minimum Gasteiger partial charge on any atom is -0.437 e. The van der Waals surface area contributed by atoms with Crippen LogP contribution in [0.25, 0.3) is 0 Å². The van der Waals surface area contributed by atoms with Crippen LogP contribution in [0.4, 0.5) is 11.5 Å². The number of pyridine rings is 1. The van der Waals surface area contributed by atoms with Crippen molar-refractivity contribution in [3.8, 4) is 11.6 Å². The van der Waals surface area contributed by atoms with Crippen LogP contribution in [0.3, 0.4) is 0 Å². The maximum atomic E-state index is 12.0. The van der Waals surface area contributed by atoms with E-state index in [4.69, 9.17) is 10.5 Å². The summed E-state index contributed by atoms with van der Waals surface area (Å²) in [5.41, 5.74) is 13.0. The van der Waals surface area contributed by atoms with Gasteiger partial charge in [-0.3, -0.25) is 20.6 Å². The van der Waals surface area contributed by atoms with Crippen molar-refractivity contribution >= 4 is 17.4 Å². The number of nitrogen functional groups attached to an aromatic ring is 1. The fourth-order valence-corrected chi connectivity index (χ4v) is 2.15. The molecule has 0 aliphatic carbocycles. The Morgan fingerprint density at radius 3 is 2.69 bits per heavy atom. The Morgan fingerprint density at radius 2 is 2.00 bits per heavy atom. The monoisotopic (exact) mass is 350 g/mol. The average Bonchev–Trinajstić information content (AvgIpc) is 2.69. The summed E-state index contributed by atoms with van der Waals surface area (Å²) >= 11 is 0. The fraction of sp³-hybridized carbons (Fsp3) is 0.111. The van der Waals surface area contributed by atoms with E-state index in [0.29, 0.717) is 11.3 Å². The molecule has 0 spiro atoms. The van der Waals surface area contributed by atoms with Crippen LogP contribution in [0.5, 0.6) is 11.6 Å². The topological polar surface area (TPSA) is 115 Å². The molecule has 0 saturated carbocycles. The molecule has 3 rings (SSSR count). The summed E-state index contributed by atoms with van der Waals surface area (Å²) in [5, 5.41) is 0. The van der Waals surface area contributed by atoms with Crippen molar-refractivity contribution in [2.45, 2.75) is 13.3 Å². The molecule has 4 N–H and O–H groups in total. The summed E-state index contributed by atoms with van der Waals surface area (Å²) in [6.07, 6.45) is 5.28. The molecule has 1 aromatic carbocycles. The highest BCUT2D eigenvalue weighted by atomic mass is 16.5. The van der Waals surface area contributed by atoms with E-state index in [1.807, 2.05) is 24.3 Å². The molecule has 3 aromatic rings. The van der Waals surface area contributed by atoms with Crippen LogP contribution < -0.4 is 21.3 Å². The molecular weight excluding hydrogens is 332 g/mol. The minimum atomic E-state index is -0.367. The van der Waals surface area contributed by atoms with Gasteiger partial charge in [-0.05, 0) is 36.2 Å². The lowest BCUT2D eigenvalue weighted by Gasteiger charge is -2.12. The smallest absolute Gasteiger partial charge is 0.271 e. The second-order valence-electron chi connectivity index (χ2n) is 5.36. The zero-order chi connectivity index (χ0) is 18.4. The number of aryl methyl sites for hydroxylation is 1. The lowest BCUT2D eigenvalue weighted by Crippen LogP contribution is -2.30. The van der Waals surface area contributed by atoms with Crippen LogP contribution in [0.15, 0.2) is 55.1 Å². The van der Waals surface area contributed by atoms with Gasteiger partial charge >= 0.3 is 0 Å². The second kappa shape index (κ2) is 7.93. The van der Waals surface area contributed by atoms with Crippen LogP contribution in [0.1, 0.15) is 22.8 Å². The van der Waals surface area contributed by atoms with Crippen molar-refractivity contribution in [3.05, 3.63) is 66.2 Å². The van der Waals surface area contributed by atoms with Crippen LogP contribution in [0.2, 0.25) is 0 Å². The number of nitrogens with one attached hydrogen (secondary N) is 2. The quantitative estimate of drug-likeness (QED) is 0.585. The van der Waals surface area contributed by atoms with Gasteiger partial charge in [0.2, 0.25) is 5.88 Å². The summed E-state index contributed by atoms with van der Waals surface area (Å²) in [4.78, 5) is 24.0. The molecule has 1 amide bonds. The number of anilines is 2. The highest BCUT2D eigenvalue weighted by molar-refractivity contribution is 5.94. The summed E-state index contributed by atoms with van der Waals surface area (Å²) in [5.74, 6) is 0.673. The number of aromatic nitrogens is 3. The minimum absolute atomic E-state index is 0.179. The van der Waals surface area contributed by atoms with Gasteiger partial charge < -0.3 is 10.5 Å². The highest BCUT2D eigenvalue weighted by Crippen LogP contribution is 2.29. The third-order valence-corrected chi connectivity index (χ3v) is 3.61. The Kier molecular flexibility index (Phi) is 5.23. The van der Waals surface area contributed by atoms with Crippen LogP contribution >= 0.6 is 0 Å². The average molecular weight is 350 g/mol. The van der Waals surface area contributed by atoms with Gasteiger partial charge in [0.1, 0.15) is 17.8 Å². The summed E-state index contributed by atoms with van der Waals surface area (Å²) in [6.45, 7) is 2.08. The van der Waals surface area contributed by atoms with Crippen molar-refractivity contribution in [2.24, 2.45) is 0 Å². The van der Waals surface area contributed by atoms with E-state index in [9.17, 15) is 4.79 Å². The Labute approximate surface area is 150 Å². The van der Waals surface area contributed by atoms with Gasteiger partial charge in [-0.1, -0.05) is 19.1 Å². The van der Waals surface area contributed by atoms with Crippen molar-refractivity contribution in [3.63, 3.8) is 0 Å². The fourth-order valence-electron chi connectivity index (χ4n) is 2.15. The van der Waals surface area contributed by atoms with Gasteiger partial charge in [0.05, 0.1) is 5.56 Å². The van der Waals surface area contributed by atoms with Gasteiger partial charge in [0, 0.05) is 12.4 Å². The van der Waals surface area contributed by atoms with Crippen LogP contribution in [-0.4, -0.2) is 20.9 Å². The maximum absolute atomic E-state index is 12.0. The van der Waals surface area contributed by atoms with E-state index in [1.54, 1.807) is 18.3 Å². The molecule has 0 saturated heterocycles. The van der Waals surface area contributed by atoms with Crippen LogP contribution in [0, 0.1) is 0 Å². The molecule has 0 aliphatic heterocycles. The Balaban J connectivity index is 1.69. The van der Waals surface area contributed by atoms with Crippen molar-refractivity contribution < 1.29 is 9.53 Å². The van der Waals surface area contributed by atoms with Gasteiger partial charge in [-0.2, -0.15) is 4.98 Å². The molecule has 2 heterocycles. The standard InChI is InChI=1S/C18H18N6O2/c1-2-12-5-7-14(8-6-12)26-18-15(19)16(21-11-22-18)23-24-17(25)13-4-3-9-20-10-13/h3-11H,2,19H2,1H3,(H,24,25)(H,21,22,23). The van der Waals surface area contributed by atoms with E-state index in [-0.39, 0.29) is 23.3 Å². The number of amides is 1. The molecule has 0 fully saturated rings. The second-order valence-corrected chi connectivity index (χ2v) is 5.36. The first-order valence-corrected chi connectivity index (χ1v) is 8.01. The van der Waals surface area contributed by atoms with E-state index in [2.05, 4.69) is 32.7 Å². The number of nitrogens with zero attached hydrogens (tertiary/aromatic N) is 3. The van der Waals surface area contributed by atoms with Crippen molar-refractivity contribution in [1.82, 2.24) is 20.4 Å². The molecule has 0 unspecified atom stereocenters. The molecule has 132 valence electrons. The number of hydrogen-bond acceptors (Lipinski definition) is 7. The van der Waals surface area contributed by atoms with Crippen LogP contribution in [-0.2, 0) is 6.42 Å². The van der Waals surface area contributed by atoms with Crippen molar-refractivity contribution in [2.75, 3.05) is 11.2 Å². The summed E-state index contributed by atoms with van der Waals surface area (Å²) in [7, 11) is 0. The van der Waals surface area contributed by atoms with Gasteiger partial charge in [0.15, 0.2) is 5.82 Å². The first kappa shape index (κ1) is 17.2. The number of ether oxygens (including phenoxy) is 1. The number of nitrogens with two attached hydrogens (primary N) is 1. The molecule has 0 bridgehead atoms. The van der Waals surface area contributed by atoms with E-state index in [1.165, 1.54) is 18.1 Å². The Hall–Kier alpha value is -3.68. The molecule has 8 heteroatoms. The maximum Gasteiger partial charge on any atom is 0.271 e. The van der Waals surface area contributed by atoms with E-state index in [0.717, 1.165) is 6.42 Å². The van der Waals surface area contributed by atoms with Gasteiger partial charge in [0.25, 0.3) is 5.91 Å². The SMILES string of the molecule is CCc1ccc(Oc2ncnc(NNC(=O)c3cccnc3)c2N)cc1. The first-order chi connectivity index (χ1) is 12.7. The molecule has 2 aromatic heterocycles. The third kappa shape index (κ3) is 4.04. The third-order valence-electron chi connectivity index (χ3n) is 3.61. The molecule has 0 aliphatic rings. The molecule has 0 atom stereocenters. The molecular formula is C18H18N6O2. The lowest BCUT2D eigenvalue weighted by atomic mass is 10.2. The molecule has 0 radical (unpaired) electrons. The predicted molar refractivity (Wildman–Crippen MR) is 97.7 cm³/mol. The summed E-state index contributed by atoms with van der Waals surface area (Å²) < 4.78 is 5.70. The number of hydrazine groups is 1. The number of hydrogen-bond donors (Lipinski definition) is 3. The van der Waals surface area contributed by atoms with Crippen molar-refractivity contribution in [1.29, 1.82) is 0 Å². The zero-order valence-electron chi connectivity index (χ0n) is 14.1. The Bertz CT molecular complexity index is 884. The zero-order valence-corrected chi connectivity index (χ0v) is 14.1. The predicted octanol–water partition coefficient (Wildman–Crippen LogP) is 2.57. The number of carbonyl (C=O) groups excluding carboxylic acids is 1. The number of carbonyl (C=O) groups is 1. The lowest BCUT2D eigenvalue weighted by molar-refractivity contribution is 0.0962. The van der Waals surface area contributed by atoms with Gasteiger partial charge in [-0.25, -0.2) is 4.98 Å². The largest absolute Gasteiger partial charge is 0.437 e. The molecule has 8 nitrogen and oxygen atoms in total. The highest BCUT2D eigenvalue weighted by Gasteiger charge is 2.12. The van der Waals surface area contributed by atoms with Gasteiger partial charge in [-0.15, -0.1) is 0 Å². The van der Waals surface area contributed by atoms with E-state index >= 15 is 0 Å². The Morgan fingerprint density at radius 1 is 1.19 bits per heavy atom. The molecule has 26 heavy (non-hydrogen) atoms. The summed E-state index contributed by atoms with van der Waals surface area (Å²) in [6, 6.07) is 10.9. The number of rotatable bonds is 6.